The van der Waals surface area contributed by atoms with Crippen LogP contribution in [0.2, 0.25) is 0 Å². The molecule has 2 fully saturated rings. The maximum absolute atomic E-state index is 13.6. The number of carbonyl (C=O) groups is 1. The summed E-state index contributed by atoms with van der Waals surface area (Å²) < 4.78 is 34.9. The van der Waals surface area contributed by atoms with Crippen LogP contribution in [0.5, 0.6) is 0 Å². The molecule has 1 N–H and O–H groups in total. The van der Waals surface area contributed by atoms with Crippen molar-refractivity contribution in [3.63, 3.8) is 0 Å². The van der Waals surface area contributed by atoms with Gasteiger partial charge in [0.2, 0.25) is 0 Å². The highest BCUT2D eigenvalue weighted by atomic mass is 32.2. The summed E-state index contributed by atoms with van der Waals surface area (Å²) in [5, 5.41) is 4.85. The number of rotatable bonds is 8. The summed E-state index contributed by atoms with van der Waals surface area (Å²) in [6.45, 7) is 6.55. The Bertz CT molecular complexity index is 1300. The molecular formula is C27H32N4O5S. The monoisotopic (exact) mass is 524 g/mol. The summed E-state index contributed by atoms with van der Waals surface area (Å²) >= 11 is -2.20. The molecule has 5 rings (SSSR count). The van der Waals surface area contributed by atoms with Gasteiger partial charge in [-0.05, 0) is 30.2 Å². The molecule has 2 saturated heterocycles. The number of nitrogens with zero attached hydrogens (tertiary/aromatic N) is 4. The van der Waals surface area contributed by atoms with E-state index in [0.717, 1.165) is 36.4 Å². The van der Waals surface area contributed by atoms with E-state index in [-0.39, 0.29) is 16.9 Å². The molecule has 3 aromatic rings. The molecular weight excluding hydrogens is 492 g/mol. The molecule has 37 heavy (non-hydrogen) atoms. The van der Waals surface area contributed by atoms with Gasteiger partial charge in [0.1, 0.15) is 0 Å². The highest BCUT2D eigenvalue weighted by molar-refractivity contribution is 7.79. The second-order valence-electron chi connectivity index (χ2n) is 9.31. The zero-order chi connectivity index (χ0) is 25.9. The highest BCUT2D eigenvalue weighted by Gasteiger charge is 2.30. The fourth-order valence-corrected chi connectivity index (χ4v) is 5.54. The summed E-state index contributed by atoms with van der Waals surface area (Å²) in [5.74, 6) is -0.148. The summed E-state index contributed by atoms with van der Waals surface area (Å²) in [6, 6.07) is 15.1. The summed E-state index contributed by atoms with van der Waals surface area (Å²) in [6.07, 6.45) is 0.816. The number of aromatic nitrogens is 2. The normalized spacial score (nSPS) is 17.5. The van der Waals surface area contributed by atoms with E-state index in [1.54, 1.807) is 28.8 Å². The molecule has 2 aromatic carbocycles. The number of likely N-dealkylation sites (tertiary alicyclic amines) is 1. The molecule has 1 unspecified atom stereocenters. The van der Waals surface area contributed by atoms with Crippen molar-refractivity contribution in [3.8, 4) is 16.9 Å². The predicted molar refractivity (Wildman–Crippen MR) is 140 cm³/mol. The second kappa shape index (κ2) is 11.2. The minimum Gasteiger partial charge on any atom is -0.379 e. The van der Waals surface area contributed by atoms with Crippen molar-refractivity contribution >= 4 is 17.0 Å². The van der Waals surface area contributed by atoms with E-state index in [1.165, 1.54) is 0 Å². The first kappa shape index (κ1) is 25.7. The third kappa shape index (κ3) is 5.25. The molecule has 0 aliphatic carbocycles. The maximum Gasteiger partial charge on any atom is 0.274 e. The molecule has 2 aliphatic heterocycles. The first-order chi connectivity index (χ1) is 18.0. The minimum atomic E-state index is -2.20. The van der Waals surface area contributed by atoms with E-state index in [2.05, 4.69) is 17.0 Å². The van der Waals surface area contributed by atoms with Crippen LogP contribution in [0.15, 0.2) is 53.4 Å². The van der Waals surface area contributed by atoms with E-state index < -0.39 is 11.1 Å². The first-order valence-electron chi connectivity index (χ1n) is 12.5. The zero-order valence-electron chi connectivity index (χ0n) is 21.1. The van der Waals surface area contributed by atoms with Crippen molar-refractivity contribution in [2.45, 2.75) is 30.9 Å². The lowest BCUT2D eigenvalue weighted by Crippen LogP contribution is -2.50. The summed E-state index contributed by atoms with van der Waals surface area (Å²) in [5.41, 5.74) is 4.29. The minimum absolute atomic E-state index is 0.148. The van der Waals surface area contributed by atoms with Gasteiger partial charge in [0.15, 0.2) is 16.8 Å². The van der Waals surface area contributed by atoms with E-state index in [0.29, 0.717) is 49.7 Å². The van der Waals surface area contributed by atoms with Gasteiger partial charge >= 0.3 is 0 Å². The van der Waals surface area contributed by atoms with Crippen molar-refractivity contribution in [1.82, 2.24) is 19.6 Å². The molecule has 0 spiro atoms. The third-order valence-corrected chi connectivity index (χ3v) is 7.72. The van der Waals surface area contributed by atoms with Crippen LogP contribution in [0.4, 0.5) is 0 Å². The Morgan fingerprint density at radius 1 is 1.16 bits per heavy atom. The summed E-state index contributed by atoms with van der Waals surface area (Å²) in [7, 11) is 1.74. The molecule has 0 bridgehead atoms. The molecule has 0 saturated carbocycles. The Morgan fingerprint density at radius 3 is 2.62 bits per heavy atom. The smallest absolute Gasteiger partial charge is 0.274 e. The lowest BCUT2D eigenvalue weighted by atomic mass is 10.0. The highest BCUT2D eigenvalue weighted by Crippen LogP contribution is 2.34. The SMILES string of the molecule is CCc1c(C(=O)N2CCOCC2)nn(-c2cccc(CN3CC(OC)C3)c2)c1-c1ccccc1S(=O)O. The van der Waals surface area contributed by atoms with Crippen LogP contribution in [-0.2, 0) is 33.5 Å². The van der Waals surface area contributed by atoms with Crippen molar-refractivity contribution < 1.29 is 23.0 Å². The van der Waals surface area contributed by atoms with Crippen molar-refractivity contribution in [2.75, 3.05) is 46.5 Å². The average molecular weight is 525 g/mol. The van der Waals surface area contributed by atoms with Gasteiger partial charge in [-0.2, -0.15) is 5.10 Å². The maximum atomic E-state index is 13.6. The molecule has 3 heterocycles. The van der Waals surface area contributed by atoms with E-state index in [1.807, 2.05) is 31.2 Å². The van der Waals surface area contributed by atoms with Gasteiger partial charge in [-0.15, -0.1) is 0 Å². The third-order valence-electron chi connectivity index (χ3n) is 6.99. The number of hydrogen-bond acceptors (Lipinski definition) is 6. The van der Waals surface area contributed by atoms with Crippen LogP contribution < -0.4 is 0 Å². The number of benzene rings is 2. The fraction of sp³-hybridized carbons (Fsp3) is 0.407. The standard InChI is InChI=1S/C27H32N4O5S/c1-3-22-25(27(32)30-11-13-36-14-12-30)28-31(26(22)23-9-4-5-10-24(23)37(33)34)20-8-6-7-19(15-20)16-29-17-21(18-29)35-2/h4-10,15,21H,3,11-14,16-18H2,1-2H3,(H,33,34). The van der Waals surface area contributed by atoms with Crippen LogP contribution in [0, 0.1) is 0 Å². The van der Waals surface area contributed by atoms with E-state index in [9.17, 15) is 13.6 Å². The van der Waals surface area contributed by atoms with Gasteiger partial charge in [-0.3, -0.25) is 9.69 Å². The summed E-state index contributed by atoms with van der Waals surface area (Å²) in [4.78, 5) is 18.0. The van der Waals surface area contributed by atoms with Gasteiger partial charge in [0.05, 0.1) is 35.6 Å². The Morgan fingerprint density at radius 2 is 1.92 bits per heavy atom. The molecule has 1 aromatic heterocycles. The number of methoxy groups -OCH3 is 1. The van der Waals surface area contributed by atoms with Gasteiger partial charge in [0, 0.05) is 51.0 Å². The van der Waals surface area contributed by atoms with E-state index >= 15 is 0 Å². The quantitative estimate of drug-likeness (QED) is 0.453. The molecule has 10 heteroatoms. The van der Waals surface area contributed by atoms with Crippen LogP contribution in [0.25, 0.3) is 16.9 Å². The van der Waals surface area contributed by atoms with Crippen LogP contribution >= 0.6 is 0 Å². The van der Waals surface area contributed by atoms with Crippen LogP contribution in [0.3, 0.4) is 0 Å². The second-order valence-corrected chi connectivity index (χ2v) is 10.3. The van der Waals surface area contributed by atoms with Crippen molar-refractivity contribution in [3.05, 3.63) is 65.4 Å². The van der Waals surface area contributed by atoms with Crippen molar-refractivity contribution in [2.24, 2.45) is 0 Å². The molecule has 0 radical (unpaired) electrons. The van der Waals surface area contributed by atoms with Crippen LogP contribution in [-0.4, -0.2) is 86.9 Å². The van der Waals surface area contributed by atoms with Gasteiger partial charge in [0.25, 0.3) is 5.91 Å². The fourth-order valence-electron chi connectivity index (χ4n) is 5.00. The lowest BCUT2D eigenvalue weighted by Gasteiger charge is -2.38. The number of hydrogen-bond donors (Lipinski definition) is 1. The molecule has 1 amide bonds. The Kier molecular flexibility index (Phi) is 7.82. The number of ether oxygens (including phenoxy) is 2. The van der Waals surface area contributed by atoms with Crippen molar-refractivity contribution in [1.29, 1.82) is 0 Å². The zero-order valence-corrected chi connectivity index (χ0v) is 21.9. The molecule has 2 aliphatic rings. The Hall–Kier alpha value is -2.89. The number of carbonyl (C=O) groups excluding carboxylic acids is 1. The average Bonchev–Trinajstić information content (AvgIpc) is 3.30. The van der Waals surface area contributed by atoms with Gasteiger partial charge in [-0.25, -0.2) is 8.89 Å². The molecule has 1 atom stereocenters. The topological polar surface area (TPSA) is 97.1 Å². The van der Waals surface area contributed by atoms with Gasteiger partial charge in [-0.1, -0.05) is 37.3 Å². The Balaban J connectivity index is 1.61. The molecule has 9 nitrogen and oxygen atoms in total. The Labute approximate surface area is 219 Å². The molecule has 196 valence electrons. The van der Waals surface area contributed by atoms with Gasteiger partial charge < -0.3 is 18.9 Å². The largest absolute Gasteiger partial charge is 0.379 e. The number of morpholine rings is 1. The number of amides is 1. The predicted octanol–water partition coefficient (Wildman–Crippen LogP) is 2.99. The van der Waals surface area contributed by atoms with Crippen LogP contribution in [0.1, 0.15) is 28.5 Å². The first-order valence-corrected chi connectivity index (χ1v) is 13.6. The van der Waals surface area contributed by atoms with E-state index in [4.69, 9.17) is 14.6 Å². The lowest BCUT2D eigenvalue weighted by molar-refractivity contribution is -0.0333.